The zero-order valence-corrected chi connectivity index (χ0v) is 14.9. The van der Waals surface area contributed by atoms with Gasteiger partial charge in [0.2, 0.25) is 0 Å². The monoisotopic (exact) mass is 385 g/mol. The number of nitrogens with one attached hydrogen (secondary N) is 1. The van der Waals surface area contributed by atoms with Crippen molar-refractivity contribution in [2.24, 2.45) is 0 Å². The summed E-state index contributed by atoms with van der Waals surface area (Å²) in [5, 5.41) is 9.34. The molecule has 8 heteroatoms. The van der Waals surface area contributed by atoms with Crippen LogP contribution in [-0.2, 0) is 6.54 Å². The van der Waals surface area contributed by atoms with Crippen molar-refractivity contribution >= 4 is 50.3 Å². The van der Waals surface area contributed by atoms with Crippen molar-refractivity contribution in [3.05, 3.63) is 37.0 Å². The van der Waals surface area contributed by atoms with Gasteiger partial charge in [-0.2, -0.15) is 9.61 Å². The van der Waals surface area contributed by atoms with E-state index in [1.54, 1.807) is 21.9 Å². The van der Waals surface area contributed by atoms with Crippen LogP contribution in [0.5, 0.6) is 0 Å². The van der Waals surface area contributed by atoms with E-state index >= 15 is 0 Å². The number of thiazole rings is 1. The molecule has 0 aliphatic heterocycles. The molecule has 3 heterocycles. The quantitative estimate of drug-likeness (QED) is 0.687. The van der Waals surface area contributed by atoms with E-state index < -0.39 is 0 Å². The molecule has 0 saturated heterocycles. The van der Waals surface area contributed by atoms with Gasteiger partial charge in [0, 0.05) is 10.9 Å². The van der Waals surface area contributed by atoms with Crippen LogP contribution in [-0.4, -0.2) is 19.6 Å². The average Bonchev–Trinajstić information content (AvgIpc) is 2.88. The number of fused-ring (bicyclic) bond motifs is 1. The Hall–Kier alpha value is -1.18. The molecule has 0 unspecified atom stereocenters. The molecule has 0 atom stereocenters. The maximum Gasteiger partial charge on any atom is 0.173 e. The van der Waals surface area contributed by atoms with Crippen LogP contribution in [0.15, 0.2) is 10.5 Å². The first-order valence-corrected chi connectivity index (χ1v) is 8.32. The summed E-state index contributed by atoms with van der Waals surface area (Å²) in [6.45, 7) is 6.64. The largest absolute Gasteiger partial charge is 0.365 e. The predicted molar refractivity (Wildman–Crippen MR) is 89.3 cm³/mol. The lowest BCUT2D eigenvalue weighted by atomic mass is 10.4. The molecule has 21 heavy (non-hydrogen) atoms. The van der Waals surface area contributed by atoms with Crippen LogP contribution in [0.1, 0.15) is 21.3 Å². The highest BCUT2D eigenvalue weighted by Crippen LogP contribution is 2.26. The van der Waals surface area contributed by atoms with Gasteiger partial charge in [0.1, 0.15) is 11.0 Å². The number of aromatic nitrogens is 4. The van der Waals surface area contributed by atoms with Crippen LogP contribution in [0.2, 0.25) is 5.15 Å². The highest BCUT2D eigenvalue weighted by molar-refractivity contribution is 9.10. The van der Waals surface area contributed by atoms with E-state index in [0.717, 1.165) is 26.7 Å². The minimum atomic E-state index is 0.433. The first kappa shape index (κ1) is 14.7. The van der Waals surface area contributed by atoms with Gasteiger partial charge in [0.05, 0.1) is 27.4 Å². The molecule has 3 aromatic rings. The molecular formula is C13H13BrClN5S. The van der Waals surface area contributed by atoms with Gasteiger partial charge in [-0.1, -0.05) is 11.6 Å². The van der Waals surface area contributed by atoms with E-state index in [2.05, 4.69) is 36.3 Å². The van der Waals surface area contributed by atoms with Crippen LogP contribution in [0, 0.1) is 20.8 Å². The van der Waals surface area contributed by atoms with Crippen molar-refractivity contribution < 1.29 is 0 Å². The Balaban J connectivity index is 1.97. The Labute approximate surface area is 139 Å². The van der Waals surface area contributed by atoms with E-state index in [4.69, 9.17) is 11.6 Å². The van der Waals surface area contributed by atoms with Gasteiger partial charge < -0.3 is 5.32 Å². The summed E-state index contributed by atoms with van der Waals surface area (Å²) in [6, 6.07) is 1.77. The first-order valence-electron chi connectivity index (χ1n) is 6.34. The summed E-state index contributed by atoms with van der Waals surface area (Å²) < 4.78 is 2.62. The Morgan fingerprint density at radius 2 is 2.05 bits per heavy atom. The molecule has 0 saturated carbocycles. The lowest BCUT2D eigenvalue weighted by Crippen LogP contribution is -2.06. The molecule has 0 bridgehead atoms. The van der Waals surface area contributed by atoms with Crippen LogP contribution < -0.4 is 5.32 Å². The van der Waals surface area contributed by atoms with Crippen molar-refractivity contribution in [3.8, 4) is 0 Å². The SMILES string of the molecule is Cc1nc(C)c(CNc2cc(Cl)nc3c(Br)c(C)nn23)s1. The molecule has 3 rings (SSSR count). The number of hydrogen-bond donors (Lipinski definition) is 1. The summed E-state index contributed by atoms with van der Waals surface area (Å²) in [5.74, 6) is 0.809. The third kappa shape index (κ3) is 2.77. The molecule has 0 aliphatic carbocycles. The van der Waals surface area contributed by atoms with E-state index in [1.807, 2.05) is 20.8 Å². The van der Waals surface area contributed by atoms with Crippen molar-refractivity contribution in [3.63, 3.8) is 0 Å². The molecule has 0 aromatic carbocycles. The molecule has 5 nitrogen and oxygen atoms in total. The average molecular weight is 387 g/mol. The van der Waals surface area contributed by atoms with E-state index in [0.29, 0.717) is 17.3 Å². The third-order valence-electron chi connectivity index (χ3n) is 3.09. The van der Waals surface area contributed by atoms with Gasteiger partial charge in [-0.15, -0.1) is 11.3 Å². The Kier molecular flexibility index (Phi) is 3.90. The second-order valence-electron chi connectivity index (χ2n) is 4.69. The van der Waals surface area contributed by atoms with Crippen LogP contribution in [0.3, 0.4) is 0 Å². The summed E-state index contributed by atoms with van der Waals surface area (Å²) in [6.07, 6.45) is 0. The smallest absolute Gasteiger partial charge is 0.173 e. The minimum absolute atomic E-state index is 0.433. The van der Waals surface area contributed by atoms with Gasteiger partial charge in [-0.3, -0.25) is 0 Å². The van der Waals surface area contributed by atoms with Gasteiger partial charge in [-0.25, -0.2) is 9.97 Å². The molecule has 0 amide bonds. The third-order valence-corrected chi connectivity index (χ3v) is 5.29. The Bertz CT molecular complexity index is 826. The Morgan fingerprint density at radius 1 is 1.29 bits per heavy atom. The normalized spacial score (nSPS) is 11.3. The number of rotatable bonds is 3. The Morgan fingerprint density at radius 3 is 2.71 bits per heavy atom. The predicted octanol–water partition coefficient (Wildman–Crippen LogP) is 4.14. The van der Waals surface area contributed by atoms with Crippen molar-refractivity contribution in [2.45, 2.75) is 27.3 Å². The van der Waals surface area contributed by atoms with Gasteiger partial charge in [0.25, 0.3) is 0 Å². The molecule has 0 spiro atoms. The summed E-state index contributed by atoms with van der Waals surface area (Å²) >= 11 is 11.3. The van der Waals surface area contributed by atoms with Crippen molar-refractivity contribution in [1.82, 2.24) is 19.6 Å². The molecule has 1 N–H and O–H groups in total. The number of halogens is 2. The fraction of sp³-hybridized carbons (Fsp3) is 0.308. The highest BCUT2D eigenvalue weighted by atomic mass is 79.9. The van der Waals surface area contributed by atoms with Crippen molar-refractivity contribution in [1.29, 1.82) is 0 Å². The number of aryl methyl sites for hydroxylation is 3. The molecule has 0 aliphatic rings. The second kappa shape index (κ2) is 5.55. The molecule has 0 fully saturated rings. The molecule has 0 radical (unpaired) electrons. The van der Waals surface area contributed by atoms with Crippen LogP contribution >= 0.6 is 38.9 Å². The summed E-state index contributed by atoms with van der Waals surface area (Å²) in [5.41, 5.74) is 2.64. The van der Waals surface area contributed by atoms with E-state index in [1.165, 1.54) is 4.88 Å². The fourth-order valence-corrected chi connectivity index (χ4v) is 3.50. The number of hydrogen-bond acceptors (Lipinski definition) is 5. The highest BCUT2D eigenvalue weighted by Gasteiger charge is 2.13. The summed E-state index contributed by atoms with van der Waals surface area (Å²) in [7, 11) is 0. The molecular weight excluding hydrogens is 374 g/mol. The number of anilines is 1. The van der Waals surface area contributed by atoms with Crippen LogP contribution in [0.4, 0.5) is 5.82 Å². The van der Waals surface area contributed by atoms with E-state index in [9.17, 15) is 0 Å². The lowest BCUT2D eigenvalue weighted by Gasteiger charge is -2.08. The maximum absolute atomic E-state index is 6.10. The maximum atomic E-state index is 6.10. The van der Waals surface area contributed by atoms with Crippen LogP contribution in [0.25, 0.3) is 5.65 Å². The second-order valence-corrected chi connectivity index (χ2v) is 7.16. The van der Waals surface area contributed by atoms with Gasteiger partial charge >= 0.3 is 0 Å². The van der Waals surface area contributed by atoms with Crippen molar-refractivity contribution in [2.75, 3.05) is 5.32 Å². The zero-order chi connectivity index (χ0) is 15.1. The first-order chi connectivity index (χ1) is 9.95. The number of nitrogens with zero attached hydrogens (tertiary/aromatic N) is 4. The van der Waals surface area contributed by atoms with Gasteiger partial charge in [-0.05, 0) is 36.7 Å². The topological polar surface area (TPSA) is 55.1 Å². The molecule has 3 aromatic heterocycles. The zero-order valence-electron chi connectivity index (χ0n) is 11.7. The van der Waals surface area contributed by atoms with Gasteiger partial charge in [0.15, 0.2) is 5.65 Å². The fourth-order valence-electron chi connectivity index (χ4n) is 2.10. The standard InChI is InChI=1S/C13H13BrClN5S/c1-6-9(21-8(3)17-6)5-16-11-4-10(15)18-13-12(14)7(2)19-20(11)13/h4,16H,5H2,1-3H3. The summed E-state index contributed by atoms with van der Waals surface area (Å²) in [4.78, 5) is 9.94. The molecule has 110 valence electrons. The van der Waals surface area contributed by atoms with E-state index in [-0.39, 0.29) is 0 Å². The minimum Gasteiger partial charge on any atom is -0.365 e. The lowest BCUT2D eigenvalue weighted by molar-refractivity contribution is 0.907.